The molecule has 5 nitrogen and oxygen atoms in total. The molecule has 0 fully saturated rings. The number of ether oxygens (including phenoxy) is 2. The molecule has 0 aromatic carbocycles. The predicted octanol–water partition coefficient (Wildman–Crippen LogP) is 1.29. The Hall–Kier alpha value is -1.41. The fraction of sp³-hybridized carbons (Fsp3) is 0.600. The summed E-state index contributed by atoms with van der Waals surface area (Å²) in [6.07, 6.45) is -2.93. The Kier molecular flexibility index (Phi) is 5.29. The molecule has 18 heavy (non-hydrogen) atoms. The molecule has 0 unspecified atom stereocenters. The van der Waals surface area contributed by atoms with E-state index in [0.29, 0.717) is 13.2 Å². The first-order valence-electron chi connectivity index (χ1n) is 5.16. The molecular formula is C10H13F3N2O3. The van der Waals surface area contributed by atoms with Crippen LogP contribution in [0.25, 0.3) is 0 Å². The largest absolute Gasteiger partial charge is 0.454 e. The second kappa shape index (κ2) is 6.50. The smallest absolute Gasteiger partial charge is 0.382 e. The summed E-state index contributed by atoms with van der Waals surface area (Å²) in [5, 5.41) is 3.65. The molecule has 8 heteroatoms. The molecule has 0 N–H and O–H groups in total. The average Bonchev–Trinajstić information content (AvgIpc) is 2.75. The molecule has 102 valence electrons. The molecule has 0 bridgehead atoms. The number of hydrogen-bond acceptors (Lipinski definition) is 4. The maximum atomic E-state index is 12.1. The topological polar surface area (TPSA) is 53.4 Å². The predicted molar refractivity (Wildman–Crippen MR) is 55.3 cm³/mol. The molecule has 1 rings (SSSR count). The Labute approximate surface area is 101 Å². The Balaban J connectivity index is 2.42. The maximum absolute atomic E-state index is 12.1. The van der Waals surface area contributed by atoms with Gasteiger partial charge in [-0.1, -0.05) is 0 Å². The molecule has 0 saturated heterocycles. The summed E-state index contributed by atoms with van der Waals surface area (Å²) < 4.78 is 47.4. The van der Waals surface area contributed by atoms with Gasteiger partial charge in [-0.05, 0) is 0 Å². The molecule has 0 aliphatic rings. The number of carbonyl (C=O) groups excluding carboxylic acids is 1. The fourth-order valence-corrected chi connectivity index (χ4v) is 1.17. The normalized spacial score (nSPS) is 11.8. The second-order valence-corrected chi connectivity index (χ2v) is 3.42. The van der Waals surface area contributed by atoms with Gasteiger partial charge >= 0.3 is 6.18 Å². The van der Waals surface area contributed by atoms with Gasteiger partial charge in [-0.2, -0.15) is 18.3 Å². The molecule has 0 spiro atoms. The van der Waals surface area contributed by atoms with Gasteiger partial charge in [0, 0.05) is 13.3 Å². The van der Waals surface area contributed by atoms with Gasteiger partial charge in [-0.3, -0.25) is 9.48 Å². The molecular weight excluding hydrogens is 253 g/mol. The Bertz CT molecular complexity index is 390. The third-order valence-electron chi connectivity index (χ3n) is 2.05. The molecule has 0 radical (unpaired) electrons. The Morgan fingerprint density at radius 3 is 2.72 bits per heavy atom. The van der Waals surface area contributed by atoms with Crippen molar-refractivity contribution in [3.05, 3.63) is 18.0 Å². The summed E-state index contributed by atoms with van der Waals surface area (Å²) in [5.74, 6) is -1.89. The van der Waals surface area contributed by atoms with Crippen molar-refractivity contribution >= 4 is 5.78 Å². The summed E-state index contributed by atoms with van der Waals surface area (Å²) in [6, 6.07) is 0. The fourth-order valence-electron chi connectivity index (χ4n) is 1.17. The monoisotopic (exact) mass is 266 g/mol. The van der Waals surface area contributed by atoms with E-state index in [0.717, 1.165) is 12.4 Å². The van der Waals surface area contributed by atoms with E-state index in [4.69, 9.17) is 9.47 Å². The lowest BCUT2D eigenvalue weighted by molar-refractivity contribution is -0.0885. The van der Waals surface area contributed by atoms with Gasteiger partial charge in [-0.25, -0.2) is 0 Å². The van der Waals surface area contributed by atoms with Gasteiger partial charge in [0.15, 0.2) is 0 Å². The van der Waals surface area contributed by atoms with Crippen LogP contribution in [0.15, 0.2) is 12.4 Å². The molecule has 0 saturated carbocycles. The van der Waals surface area contributed by atoms with Crippen molar-refractivity contribution in [3.63, 3.8) is 0 Å². The number of methoxy groups -OCH3 is 1. The molecule has 0 aliphatic carbocycles. The van der Waals surface area contributed by atoms with Crippen molar-refractivity contribution < 1.29 is 27.4 Å². The van der Waals surface area contributed by atoms with Gasteiger partial charge in [0.2, 0.25) is 0 Å². The van der Waals surface area contributed by atoms with Crippen LogP contribution in [-0.4, -0.2) is 48.7 Å². The number of aromatic nitrogens is 2. The number of nitrogens with zero attached hydrogens (tertiary/aromatic N) is 2. The van der Waals surface area contributed by atoms with E-state index in [-0.39, 0.29) is 13.2 Å². The van der Waals surface area contributed by atoms with E-state index in [2.05, 4.69) is 5.10 Å². The summed E-state index contributed by atoms with van der Waals surface area (Å²) in [7, 11) is 1.53. The average molecular weight is 266 g/mol. The Morgan fingerprint density at radius 1 is 1.39 bits per heavy atom. The van der Waals surface area contributed by atoms with E-state index in [1.54, 1.807) is 0 Å². The highest BCUT2D eigenvalue weighted by Crippen LogP contribution is 2.20. The molecule has 1 aromatic heterocycles. The van der Waals surface area contributed by atoms with E-state index in [9.17, 15) is 18.0 Å². The van der Waals surface area contributed by atoms with Crippen LogP contribution in [0.5, 0.6) is 0 Å². The summed E-state index contributed by atoms with van der Waals surface area (Å²) in [5.41, 5.74) is -0.473. The third kappa shape index (κ3) is 4.46. The van der Waals surface area contributed by atoms with Crippen molar-refractivity contribution in [3.8, 4) is 0 Å². The molecule has 0 atom stereocenters. The zero-order valence-corrected chi connectivity index (χ0v) is 9.74. The number of ketones is 1. The molecule has 1 heterocycles. The summed E-state index contributed by atoms with van der Waals surface area (Å²) in [6.45, 7) is 1.39. The lowest BCUT2D eigenvalue weighted by Crippen LogP contribution is -2.22. The van der Waals surface area contributed by atoms with Gasteiger partial charge in [0.25, 0.3) is 5.78 Å². The van der Waals surface area contributed by atoms with Crippen LogP contribution in [0.4, 0.5) is 13.2 Å². The zero-order valence-electron chi connectivity index (χ0n) is 9.74. The van der Waals surface area contributed by atoms with Crippen LogP contribution in [0, 0.1) is 0 Å². The summed E-state index contributed by atoms with van der Waals surface area (Å²) in [4.78, 5) is 10.9. The highest BCUT2D eigenvalue weighted by molar-refractivity contribution is 5.99. The minimum atomic E-state index is -4.87. The standard InChI is InChI=1S/C10H13F3N2O3/c1-17-4-5-18-3-2-15-7-8(6-14-15)9(16)10(11,12)13/h6-7H,2-5H2,1H3. The SMILES string of the molecule is COCCOCCn1cc(C(=O)C(F)(F)F)cn1. The lowest BCUT2D eigenvalue weighted by atomic mass is 10.2. The van der Waals surface area contributed by atoms with Crippen LogP contribution in [0.3, 0.4) is 0 Å². The number of alkyl halides is 3. The number of hydrogen-bond donors (Lipinski definition) is 0. The quantitative estimate of drug-likeness (QED) is 0.551. The van der Waals surface area contributed by atoms with Crippen LogP contribution >= 0.6 is 0 Å². The van der Waals surface area contributed by atoms with Crippen molar-refractivity contribution in [1.29, 1.82) is 0 Å². The molecule has 0 aliphatic heterocycles. The van der Waals surface area contributed by atoms with Crippen LogP contribution in [-0.2, 0) is 16.0 Å². The van der Waals surface area contributed by atoms with Crippen LogP contribution < -0.4 is 0 Å². The summed E-state index contributed by atoms with van der Waals surface area (Å²) >= 11 is 0. The maximum Gasteiger partial charge on any atom is 0.454 e. The van der Waals surface area contributed by atoms with Crippen molar-refractivity contribution in [1.82, 2.24) is 9.78 Å². The van der Waals surface area contributed by atoms with Crippen molar-refractivity contribution in [2.45, 2.75) is 12.7 Å². The first-order valence-corrected chi connectivity index (χ1v) is 5.16. The van der Waals surface area contributed by atoms with E-state index >= 15 is 0 Å². The number of Topliss-reactive ketones (excluding diaryl/α,β-unsaturated/α-hetero) is 1. The third-order valence-corrected chi connectivity index (χ3v) is 2.05. The van der Waals surface area contributed by atoms with Gasteiger partial charge in [-0.15, -0.1) is 0 Å². The first-order chi connectivity index (χ1) is 8.45. The van der Waals surface area contributed by atoms with Crippen molar-refractivity contribution in [2.24, 2.45) is 0 Å². The zero-order chi connectivity index (χ0) is 13.6. The van der Waals surface area contributed by atoms with Gasteiger partial charge in [0.1, 0.15) is 0 Å². The highest BCUT2D eigenvalue weighted by Gasteiger charge is 2.39. The van der Waals surface area contributed by atoms with Crippen molar-refractivity contribution in [2.75, 3.05) is 26.9 Å². The van der Waals surface area contributed by atoms with Crippen LogP contribution in [0.2, 0.25) is 0 Å². The minimum absolute atomic E-state index is 0.273. The van der Waals surface area contributed by atoms with Gasteiger partial charge in [0.05, 0.1) is 38.1 Å². The van der Waals surface area contributed by atoms with E-state index < -0.39 is 17.5 Å². The van der Waals surface area contributed by atoms with Gasteiger partial charge < -0.3 is 9.47 Å². The number of rotatable bonds is 7. The second-order valence-electron chi connectivity index (χ2n) is 3.42. The lowest BCUT2D eigenvalue weighted by Gasteiger charge is -2.03. The van der Waals surface area contributed by atoms with E-state index in [1.165, 1.54) is 11.8 Å². The minimum Gasteiger partial charge on any atom is -0.382 e. The Morgan fingerprint density at radius 2 is 2.11 bits per heavy atom. The number of carbonyl (C=O) groups is 1. The van der Waals surface area contributed by atoms with Crippen LogP contribution in [0.1, 0.15) is 10.4 Å². The molecule has 0 amide bonds. The first kappa shape index (κ1) is 14.7. The highest BCUT2D eigenvalue weighted by atomic mass is 19.4. The number of halogens is 3. The van der Waals surface area contributed by atoms with E-state index in [1.807, 2.05) is 0 Å². The molecule has 1 aromatic rings.